The number of nitrogens with zero attached hydrogens (tertiary/aromatic N) is 1. The molecule has 110 valence electrons. The molecule has 0 unspecified atom stereocenters. The lowest BCUT2D eigenvalue weighted by Gasteiger charge is -2.05. The molecule has 1 saturated carbocycles. The first kappa shape index (κ1) is 13.8. The van der Waals surface area contributed by atoms with Crippen molar-refractivity contribution in [2.75, 3.05) is 7.11 Å². The number of aromatic nitrogens is 2. The van der Waals surface area contributed by atoms with Crippen LogP contribution in [0.4, 0.5) is 0 Å². The molecular weight excluding hydrogens is 266 g/mol. The molecule has 0 spiro atoms. The summed E-state index contributed by atoms with van der Waals surface area (Å²) in [5, 5.41) is 9.90. The van der Waals surface area contributed by atoms with Gasteiger partial charge in [0, 0.05) is 25.3 Å². The molecule has 5 heteroatoms. The van der Waals surface area contributed by atoms with Crippen LogP contribution >= 0.6 is 0 Å². The highest BCUT2D eigenvalue weighted by Crippen LogP contribution is 2.38. The number of benzene rings is 1. The highest BCUT2D eigenvalue weighted by molar-refractivity contribution is 5.92. The molecule has 2 N–H and O–H groups in total. The minimum Gasteiger partial charge on any atom is -0.380 e. The first-order chi connectivity index (χ1) is 10.3. The minimum atomic E-state index is -0.140. The van der Waals surface area contributed by atoms with E-state index in [9.17, 15) is 4.79 Å². The third-order valence-electron chi connectivity index (χ3n) is 3.63. The van der Waals surface area contributed by atoms with Crippen molar-refractivity contribution in [3.05, 3.63) is 52.8 Å². The van der Waals surface area contributed by atoms with Crippen LogP contribution in [0.15, 0.2) is 30.3 Å². The lowest BCUT2D eigenvalue weighted by atomic mass is 10.1. The van der Waals surface area contributed by atoms with Crippen LogP contribution in [-0.2, 0) is 17.9 Å². The van der Waals surface area contributed by atoms with Gasteiger partial charge in [0.2, 0.25) is 0 Å². The Balaban J connectivity index is 1.54. The highest BCUT2D eigenvalue weighted by atomic mass is 16.5. The second kappa shape index (κ2) is 6.10. The molecule has 5 nitrogen and oxygen atoms in total. The van der Waals surface area contributed by atoms with Crippen LogP contribution in [0.3, 0.4) is 0 Å². The quantitative estimate of drug-likeness (QED) is 0.856. The Labute approximate surface area is 123 Å². The van der Waals surface area contributed by atoms with Gasteiger partial charge in [0.25, 0.3) is 5.91 Å². The predicted octanol–water partition coefficient (Wildman–Crippen LogP) is 2.36. The van der Waals surface area contributed by atoms with Crippen LogP contribution < -0.4 is 5.32 Å². The summed E-state index contributed by atoms with van der Waals surface area (Å²) < 4.78 is 5.07. The molecule has 2 aromatic rings. The van der Waals surface area contributed by atoms with Gasteiger partial charge in [-0.2, -0.15) is 5.10 Å². The summed E-state index contributed by atoms with van der Waals surface area (Å²) in [4.78, 5) is 12.0. The third kappa shape index (κ3) is 3.49. The van der Waals surface area contributed by atoms with Gasteiger partial charge in [-0.25, -0.2) is 0 Å². The summed E-state index contributed by atoms with van der Waals surface area (Å²) in [5.41, 5.74) is 3.71. The van der Waals surface area contributed by atoms with Crippen LogP contribution in [0, 0.1) is 0 Å². The first-order valence-electron chi connectivity index (χ1n) is 7.16. The van der Waals surface area contributed by atoms with Gasteiger partial charge in [0.05, 0.1) is 6.61 Å². The average molecular weight is 285 g/mol. The number of hydrogen-bond donors (Lipinski definition) is 2. The number of nitrogens with one attached hydrogen (secondary N) is 2. The van der Waals surface area contributed by atoms with E-state index in [1.54, 1.807) is 7.11 Å². The zero-order valence-electron chi connectivity index (χ0n) is 12.1. The number of aromatic amines is 1. The predicted molar refractivity (Wildman–Crippen MR) is 78.9 cm³/mol. The third-order valence-corrected chi connectivity index (χ3v) is 3.63. The Kier molecular flexibility index (Phi) is 4.01. The second-order valence-corrected chi connectivity index (χ2v) is 5.41. The molecule has 1 fully saturated rings. The number of carbonyl (C=O) groups is 1. The summed E-state index contributed by atoms with van der Waals surface area (Å²) >= 11 is 0. The molecule has 1 heterocycles. The highest BCUT2D eigenvalue weighted by Gasteiger charge is 2.26. The Morgan fingerprint density at radius 3 is 2.71 bits per heavy atom. The van der Waals surface area contributed by atoms with Gasteiger partial charge < -0.3 is 10.1 Å². The summed E-state index contributed by atoms with van der Waals surface area (Å²) in [5.74, 6) is 0.437. The van der Waals surface area contributed by atoms with Crippen molar-refractivity contribution in [1.82, 2.24) is 15.5 Å². The van der Waals surface area contributed by atoms with E-state index in [0.717, 1.165) is 16.8 Å². The fraction of sp³-hybridized carbons (Fsp3) is 0.375. The molecule has 0 saturated heterocycles. The van der Waals surface area contributed by atoms with E-state index in [-0.39, 0.29) is 5.91 Å². The fourth-order valence-corrected chi connectivity index (χ4v) is 2.25. The lowest BCUT2D eigenvalue weighted by molar-refractivity contribution is 0.0946. The monoisotopic (exact) mass is 285 g/mol. The standard InChI is InChI=1S/C16H19N3O2/c1-21-10-12-4-2-11(3-5-12)9-17-16(20)15-8-14(18-19-15)13-6-7-13/h2-5,8,13H,6-7,9-10H2,1H3,(H,17,20)(H,18,19). The molecule has 0 radical (unpaired) electrons. The maximum Gasteiger partial charge on any atom is 0.272 e. The molecule has 21 heavy (non-hydrogen) atoms. The average Bonchev–Trinajstić information content (AvgIpc) is 3.24. The van der Waals surface area contributed by atoms with Crippen molar-refractivity contribution in [1.29, 1.82) is 0 Å². The van der Waals surface area contributed by atoms with Crippen LogP contribution in [0.2, 0.25) is 0 Å². The van der Waals surface area contributed by atoms with Crippen LogP contribution in [0.5, 0.6) is 0 Å². The molecule has 1 amide bonds. The van der Waals surface area contributed by atoms with Crippen LogP contribution in [0.25, 0.3) is 0 Å². The van der Waals surface area contributed by atoms with Crippen molar-refractivity contribution in [3.63, 3.8) is 0 Å². The number of amides is 1. The van der Waals surface area contributed by atoms with E-state index in [1.165, 1.54) is 12.8 Å². The van der Waals surface area contributed by atoms with E-state index in [4.69, 9.17) is 4.74 Å². The van der Waals surface area contributed by atoms with E-state index in [0.29, 0.717) is 24.8 Å². The molecule has 0 atom stereocenters. The number of carbonyl (C=O) groups excluding carboxylic acids is 1. The Morgan fingerprint density at radius 1 is 1.33 bits per heavy atom. The summed E-state index contributed by atoms with van der Waals surface area (Å²) in [6.07, 6.45) is 2.38. The van der Waals surface area contributed by atoms with Gasteiger partial charge >= 0.3 is 0 Å². The summed E-state index contributed by atoms with van der Waals surface area (Å²) in [7, 11) is 1.67. The second-order valence-electron chi connectivity index (χ2n) is 5.41. The fourth-order valence-electron chi connectivity index (χ4n) is 2.25. The van der Waals surface area contributed by atoms with E-state index in [2.05, 4.69) is 15.5 Å². The molecule has 1 aromatic carbocycles. The van der Waals surface area contributed by atoms with Crippen LogP contribution in [-0.4, -0.2) is 23.2 Å². The van der Waals surface area contributed by atoms with Gasteiger partial charge in [-0.05, 0) is 30.0 Å². The summed E-state index contributed by atoms with van der Waals surface area (Å²) in [6.45, 7) is 1.10. The number of hydrogen-bond acceptors (Lipinski definition) is 3. The topological polar surface area (TPSA) is 67.0 Å². The van der Waals surface area contributed by atoms with Gasteiger partial charge in [-0.3, -0.25) is 9.89 Å². The Hall–Kier alpha value is -2.14. The number of rotatable bonds is 6. The van der Waals surface area contributed by atoms with Gasteiger partial charge in [-0.1, -0.05) is 24.3 Å². The Bertz CT molecular complexity index is 615. The summed E-state index contributed by atoms with van der Waals surface area (Å²) in [6, 6.07) is 9.85. The van der Waals surface area contributed by atoms with Gasteiger partial charge in [0.15, 0.2) is 0 Å². The normalized spacial score (nSPS) is 14.1. The zero-order valence-corrected chi connectivity index (χ0v) is 12.1. The number of H-pyrrole nitrogens is 1. The molecular formula is C16H19N3O2. The molecule has 1 aliphatic carbocycles. The van der Waals surface area contributed by atoms with Gasteiger partial charge in [0.1, 0.15) is 5.69 Å². The van der Waals surface area contributed by atoms with E-state index in [1.807, 2.05) is 30.3 Å². The number of ether oxygens (including phenoxy) is 1. The van der Waals surface area contributed by atoms with Crippen LogP contribution in [0.1, 0.15) is 46.1 Å². The zero-order chi connectivity index (χ0) is 14.7. The molecule has 1 aliphatic rings. The van der Waals surface area contributed by atoms with E-state index >= 15 is 0 Å². The molecule has 1 aromatic heterocycles. The van der Waals surface area contributed by atoms with E-state index < -0.39 is 0 Å². The van der Waals surface area contributed by atoms with Crippen molar-refractivity contribution in [2.24, 2.45) is 0 Å². The molecule has 3 rings (SSSR count). The van der Waals surface area contributed by atoms with Crippen molar-refractivity contribution >= 4 is 5.91 Å². The lowest BCUT2D eigenvalue weighted by Crippen LogP contribution is -2.23. The number of methoxy groups -OCH3 is 1. The largest absolute Gasteiger partial charge is 0.380 e. The van der Waals surface area contributed by atoms with Gasteiger partial charge in [-0.15, -0.1) is 0 Å². The maximum absolute atomic E-state index is 12.0. The SMILES string of the molecule is COCc1ccc(CNC(=O)c2cc(C3CC3)[nH]n2)cc1. The van der Waals surface area contributed by atoms with Crippen molar-refractivity contribution < 1.29 is 9.53 Å². The Morgan fingerprint density at radius 2 is 2.05 bits per heavy atom. The van der Waals surface area contributed by atoms with Crippen molar-refractivity contribution in [2.45, 2.75) is 31.9 Å². The molecule has 0 bridgehead atoms. The van der Waals surface area contributed by atoms with Crippen molar-refractivity contribution in [3.8, 4) is 0 Å². The first-order valence-corrected chi connectivity index (χ1v) is 7.16. The molecule has 0 aliphatic heterocycles. The maximum atomic E-state index is 12.0. The minimum absolute atomic E-state index is 0.140. The smallest absolute Gasteiger partial charge is 0.272 e.